The zero-order valence-electron chi connectivity index (χ0n) is 7.52. The van der Waals surface area contributed by atoms with E-state index in [0.717, 1.165) is 0 Å². The molecule has 72 valence electrons. The van der Waals surface area contributed by atoms with Gasteiger partial charge in [-0.25, -0.2) is 0 Å². The van der Waals surface area contributed by atoms with Gasteiger partial charge in [0.05, 0.1) is 15.7 Å². The summed E-state index contributed by atoms with van der Waals surface area (Å²) in [6, 6.07) is 4.46. The molecule has 0 aliphatic carbocycles. The third kappa shape index (κ3) is 2.01. The highest BCUT2D eigenvalue weighted by atomic mass is 32.2. The fraction of sp³-hybridized carbons (Fsp3) is 0.333. The average Bonchev–Trinajstić information content (AvgIpc) is 2.08. The Balaban J connectivity index is 3.15. The van der Waals surface area contributed by atoms with Crippen molar-refractivity contribution in [1.82, 2.24) is 0 Å². The van der Waals surface area contributed by atoms with Crippen molar-refractivity contribution in [2.75, 3.05) is 0 Å². The topological polar surface area (TPSA) is 57.5 Å². The van der Waals surface area contributed by atoms with E-state index in [1.165, 1.54) is 6.07 Å². The van der Waals surface area contributed by atoms with Crippen LogP contribution in [0.2, 0.25) is 0 Å². The van der Waals surface area contributed by atoms with E-state index in [1.54, 1.807) is 26.0 Å². The van der Waals surface area contributed by atoms with Gasteiger partial charge < -0.3 is 10.2 Å². The van der Waals surface area contributed by atoms with Crippen LogP contribution < -0.4 is 0 Å². The van der Waals surface area contributed by atoms with E-state index in [1.807, 2.05) is 0 Å². The first-order valence-electron chi connectivity index (χ1n) is 3.95. The number of phenolic OH excluding ortho intramolecular Hbond substituents is 2. The molecule has 0 radical (unpaired) electrons. The van der Waals surface area contributed by atoms with Gasteiger partial charge in [-0.1, -0.05) is 19.9 Å². The first-order chi connectivity index (χ1) is 6.04. The van der Waals surface area contributed by atoms with E-state index in [9.17, 15) is 9.32 Å². The molecule has 13 heavy (non-hydrogen) atoms. The molecule has 3 nitrogen and oxygen atoms in total. The van der Waals surface area contributed by atoms with Gasteiger partial charge in [0.15, 0.2) is 11.5 Å². The Hall–Kier alpha value is -1.03. The second-order valence-corrected chi connectivity index (χ2v) is 4.95. The number of para-hydroxylation sites is 1. The molecule has 0 aliphatic rings. The Bertz CT molecular complexity index is 334. The molecule has 4 heteroatoms. The van der Waals surface area contributed by atoms with Crippen molar-refractivity contribution in [2.24, 2.45) is 0 Å². The summed E-state index contributed by atoms with van der Waals surface area (Å²) in [5, 5.41) is 18.4. The van der Waals surface area contributed by atoms with Gasteiger partial charge in [-0.2, -0.15) is 0 Å². The fourth-order valence-electron chi connectivity index (χ4n) is 0.927. The lowest BCUT2D eigenvalue weighted by atomic mass is 10.3. The minimum Gasteiger partial charge on any atom is -0.504 e. The molecule has 0 aromatic heterocycles. The van der Waals surface area contributed by atoms with Crippen LogP contribution in [0.1, 0.15) is 13.8 Å². The lowest BCUT2D eigenvalue weighted by Gasteiger charge is -2.07. The smallest absolute Gasteiger partial charge is 0.173 e. The second kappa shape index (κ2) is 3.79. The Morgan fingerprint density at radius 1 is 1.31 bits per heavy atom. The molecule has 0 amide bonds. The number of hydrogen-bond acceptors (Lipinski definition) is 3. The summed E-state index contributed by atoms with van der Waals surface area (Å²) in [5.74, 6) is -0.513. The van der Waals surface area contributed by atoms with Gasteiger partial charge in [-0.3, -0.25) is 4.21 Å². The number of hydrogen-bond donors (Lipinski definition) is 2. The van der Waals surface area contributed by atoms with Crippen LogP contribution in [-0.2, 0) is 10.8 Å². The van der Waals surface area contributed by atoms with Crippen molar-refractivity contribution < 1.29 is 14.4 Å². The van der Waals surface area contributed by atoms with Crippen LogP contribution in [0.15, 0.2) is 23.1 Å². The summed E-state index contributed by atoms with van der Waals surface area (Å²) < 4.78 is 11.6. The van der Waals surface area contributed by atoms with Gasteiger partial charge in [0, 0.05) is 5.25 Å². The summed E-state index contributed by atoms with van der Waals surface area (Å²) in [6.07, 6.45) is 0. The Labute approximate surface area is 79.5 Å². The quantitative estimate of drug-likeness (QED) is 0.713. The van der Waals surface area contributed by atoms with Gasteiger partial charge in [0.1, 0.15) is 0 Å². The van der Waals surface area contributed by atoms with Crippen molar-refractivity contribution in [2.45, 2.75) is 24.0 Å². The Morgan fingerprint density at radius 2 is 1.92 bits per heavy atom. The lowest BCUT2D eigenvalue weighted by Crippen LogP contribution is -2.05. The van der Waals surface area contributed by atoms with E-state index in [2.05, 4.69) is 0 Å². The Morgan fingerprint density at radius 3 is 2.46 bits per heavy atom. The molecule has 1 rings (SSSR count). The maximum atomic E-state index is 11.6. The van der Waals surface area contributed by atoms with Crippen LogP contribution in [0.4, 0.5) is 0 Å². The summed E-state index contributed by atoms with van der Waals surface area (Å²) in [7, 11) is -1.27. The molecule has 1 atom stereocenters. The number of aromatic hydroxyl groups is 2. The summed E-state index contributed by atoms with van der Waals surface area (Å²) in [6.45, 7) is 3.58. The van der Waals surface area contributed by atoms with Gasteiger partial charge in [-0.05, 0) is 12.1 Å². The fourth-order valence-corrected chi connectivity index (χ4v) is 1.94. The maximum Gasteiger partial charge on any atom is 0.173 e. The normalized spacial score (nSPS) is 13.2. The molecule has 0 fully saturated rings. The third-order valence-corrected chi connectivity index (χ3v) is 3.24. The van der Waals surface area contributed by atoms with Gasteiger partial charge in [0.25, 0.3) is 0 Å². The van der Waals surface area contributed by atoms with E-state index in [-0.39, 0.29) is 21.6 Å². The predicted molar refractivity (Wildman–Crippen MR) is 51.3 cm³/mol. The van der Waals surface area contributed by atoms with Crippen LogP contribution in [0, 0.1) is 0 Å². The van der Waals surface area contributed by atoms with Crippen LogP contribution in [-0.4, -0.2) is 19.7 Å². The van der Waals surface area contributed by atoms with E-state index >= 15 is 0 Å². The molecule has 0 heterocycles. The van der Waals surface area contributed by atoms with E-state index < -0.39 is 10.8 Å². The van der Waals surface area contributed by atoms with Gasteiger partial charge in [-0.15, -0.1) is 0 Å². The highest BCUT2D eigenvalue weighted by molar-refractivity contribution is 7.85. The average molecular weight is 200 g/mol. The standard InChI is InChI=1S/C9H12O3S/c1-6(2)13(12)8-5-3-4-7(10)9(8)11/h3-6,10-11H,1-2H3/t13-/m1/s1. The molecule has 2 N–H and O–H groups in total. The number of phenols is 2. The van der Waals surface area contributed by atoms with Crippen LogP contribution >= 0.6 is 0 Å². The highest BCUT2D eigenvalue weighted by Gasteiger charge is 2.14. The summed E-state index contributed by atoms with van der Waals surface area (Å²) in [4.78, 5) is 0.287. The van der Waals surface area contributed by atoms with Crippen molar-refractivity contribution in [3.8, 4) is 11.5 Å². The third-order valence-electron chi connectivity index (χ3n) is 1.62. The molecule has 0 bridgehead atoms. The van der Waals surface area contributed by atoms with E-state index in [4.69, 9.17) is 5.11 Å². The number of benzene rings is 1. The van der Waals surface area contributed by atoms with Crippen LogP contribution in [0.25, 0.3) is 0 Å². The molecule has 0 aliphatic heterocycles. The summed E-state index contributed by atoms with van der Waals surface area (Å²) >= 11 is 0. The minimum absolute atomic E-state index is 0.0762. The van der Waals surface area contributed by atoms with Crippen molar-refractivity contribution in [1.29, 1.82) is 0 Å². The highest BCUT2D eigenvalue weighted by Crippen LogP contribution is 2.31. The first-order valence-corrected chi connectivity index (χ1v) is 5.17. The molecule has 0 saturated heterocycles. The van der Waals surface area contributed by atoms with Crippen LogP contribution in [0.5, 0.6) is 11.5 Å². The molecule has 1 aromatic carbocycles. The summed E-state index contributed by atoms with van der Waals surface area (Å²) in [5.41, 5.74) is 0. The lowest BCUT2D eigenvalue weighted by molar-refractivity contribution is 0.394. The largest absolute Gasteiger partial charge is 0.504 e. The molecule has 0 saturated carbocycles. The SMILES string of the molecule is CC(C)[S@@](=O)c1cccc(O)c1O. The van der Waals surface area contributed by atoms with Crippen LogP contribution in [0.3, 0.4) is 0 Å². The maximum absolute atomic E-state index is 11.6. The molecule has 0 unspecified atom stereocenters. The molecular formula is C9H12O3S. The zero-order valence-corrected chi connectivity index (χ0v) is 8.34. The number of rotatable bonds is 2. The minimum atomic E-state index is -1.27. The predicted octanol–water partition coefficient (Wildman–Crippen LogP) is 1.61. The second-order valence-electron chi connectivity index (χ2n) is 2.97. The molecule has 1 aromatic rings. The monoisotopic (exact) mass is 200 g/mol. The Kier molecular flexibility index (Phi) is 2.93. The molecular weight excluding hydrogens is 188 g/mol. The first kappa shape index (κ1) is 10.1. The van der Waals surface area contributed by atoms with Gasteiger partial charge in [0.2, 0.25) is 0 Å². The molecule has 0 spiro atoms. The van der Waals surface area contributed by atoms with Crippen molar-refractivity contribution in [3.05, 3.63) is 18.2 Å². The van der Waals surface area contributed by atoms with Crippen molar-refractivity contribution in [3.63, 3.8) is 0 Å². The van der Waals surface area contributed by atoms with Gasteiger partial charge >= 0.3 is 0 Å². The van der Waals surface area contributed by atoms with E-state index in [0.29, 0.717) is 0 Å². The zero-order chi connectivity index (χ0) is 10.0. The van der Waals surface area contributed by atoms with Crippen molar-refractivity contribution >= 4 is 10.8 Å².